The van der Waals surface area contributed by atoms with Crippen molar-refractivity contribution in [3.05, 3.63) is 43.0 Å². The molecule has 0 aliphatic heterocycles. The molecule has 0 saturated carbocycles. The number of amides is 1. The maximum absolute atomic E-state index is 12.0. The molecule has 0 saturated heterocycles. The summed E-state index contributed by atoms with van der Waals surface area (Å²) >= 11 is 0. The molecular formula is C22H27N9O2. The number of methoxy groups -OCH3 is 1. The van der Waals surface area contributed by atoms with Crippen LogP contribution in [0.15, 0.2) is 43.0 Å². The number of pyridine rings is 2. The second-order valence-electron chi connectivity index (χ2n) is 7.46. The number of rotatable bonds is 10. The number of carbonyl (C=O) groups excluding carboxylic acids is 1. The van der Waals surface area contributed by atoms with E-state index in [1.54, 1.807) is 30.5 Å². The molecule has 4 heterocycles. The average molecular weight is 450 g/mol. The molecule has 11 heteroatoms. The van der Waals surface area contributed by atoms with Crippen LogP contribution in [0.4, 0.5) is 5.69 Å². The molecule has 0 spiro atoms. The Bertz CT molecular complexity index is 1220. The number of hydrogen-bond acceptors (Lipinski definition) is 8. The van der Waals surface area contributed by atoms with Crippen LogP contribution < -0.4 is 10.6 Å². The van der Waals surface area contributed by atoms with Gasteiger partial charge in [0.15, 0.2) is 11.5 Å². The van der Waals surface area contributed by atoms with Crippen molar-refractivity contribution >= 4 is 22.8 Å². The third kappa shape index (κ3) is 4.82. The Morgan fingerprint density at radius 2 is 2.12 bits per heavy atom. The molecule has 0 radical (unpaired) electrons. The van der Waals surface area contributed by atoms with Crippen LogP contribution in [0.2, 0.25) is 0 Å². The lowest BCUT2D eigenvalue weighted by molar-refractivity contribution is -0.131. The predicted octanol–water partition coefficient (Wildman–Crippen LogP) is 2.05. The van der Waals surface area contributed by atoms with Crippen molar-refractivity contribution in [2.75, 3.05) is 26.0 Å². The Balaban J connectivity index is 1.69. The average Bonchev–Trinajstić information content (AvgIpc) is 3.51. The fourth-order valence-corrected chi connectivity index (χ4v) is 3.48. The number of aryl methyl sites for hydroxylation is 1. The summed E-state index contributed by atoms with van der Waals surface area (Å²) < 4.78 is 8.86. The van der Waals surface area contributed by atoms with Crippen LogP contribution in [0.5, 0.6) is 0 Å². The maximum atomic E-state index is 12.0. The molecular weight excluding hydrogens is 422 g/mol. The van der Waals surface area contributed by atoms with Gasteiger partial charge in [-0.3, -0.25) is 9.78 Å². The van der Waals surface area contributed by atoms with Gasteiger partial charge >= 0.3 is 0 Å². The van der Waals surface area contributed by atoms with Gasteiger partial charge in [0.05, 0.1) is 23.9 Å². The molecule has 1 atom stereocenters. The number of likely N-dealkylation sites (N-methyl/N-ethyl adjacent to an activating group) is 1. The van der Waals surface area contributed by atoms with Gasteiger partial charge in [-0.15, -0.1) is 5.10 Å². The number of anilines is 1. The van der Waals surface area contributed by atoms with Crippen molar-refractivity contribution in [2.45, 2.75) is 32.4 Å². The number of imidazole rings is 1. The monoisotopic (exact) mass is 449 g/mol. The predicted molar refractivity (Wildman–Crippen MR) is 124 cm³/mol. The summed E-state index contributed by atoms with van der Waals surface area (Å²) in [6.07, 6.45) is 6.15. The number of ether oxygens (including phenoxy) is 1. The van der Waals surface area contributed by atoms with Gasteiger partial charge in [0.2, 0.25) is 5.91 Å². The molecule has 0 fully saturated rings. The number of carbonyl (C=O) groups is 1. The Kier molecular flexibility index (Phi) is 6.89. The quantitative estimate of drug-likeness (QED) is 0.377. The van der Waals surface area contributed by atoms with E-state index in [4.69, 9.17) is 9.72 Å². The van der Waals surface area contributed by atoms with Gasteiger partial charge in [-0.05, 0) is 18.6 Å². The summed E-state index contributed by atoms with van der Waals surface area (Å²) in [6, 6.07) is 7.55. The molecule has 0 bridgehead atoms. The molecule has 1 unspecified atom stereocenters. The third-order valence-electron chi connectivity index (χ3n) is 5.24. The van der Waals surface area contributed by atoms with Crippen molar-refractivity contribution in [2.24, 2.45) is 0 Å². The van der Waals surface area contributed by atoms with E-state index in [0.29, 0.717) is 30.1 Å². The molecule has 1 amide bonds. The fourth-order valence-electron chi connectivity index (χ4n) is 3.48. The lowest BCUT2D eigenvalue weighted by Crippen LogP contribution is -2.34. The molecule has 4 rings (SSSR count). The molecule has 0 aliphatic carbocycles. The van der Waals surface area contributed by atoms with E-state index in [1.165, 1.54) is 7.11 Å². The summed E-state index contributed by atoms with van der Waals surface area (Å²) in [5.74, 6) is 0.442. The van der Waals surface area contributed by atoms with Gasteiger partial charge in [0.1, 0.15) is 17.3 Å². The lowest BCUT2D eigenvalue weighted by atomic mass is 10.2. The molecule has 0 aliphatic rings. The van der Waals surface area contributed by atoms with E-state index in [2.05, 4.69) is 37.8 Å². The van der Waals surface area contributed by atoms with E-state index < -0.39 is 6.10 Å². The smallest absolute Gasteiger partial charge is 0.248 e. The summed E-state index contributed by atoms with van der Waals surface area (Å²) in [6.45, 7) is 3.41. The van der Waals surface area contributed by atoms with Crippen LogP contribution in [-0.4, -0.2) is 67.2 Å². The first-order valence-electron chi connectivity index (χ1n) is 10.8. The Hall–Kier alpha value is -3.86. The topological polar surface area (TPSA) is 125 Å². The molecule has 2 N–H and O–H groups in total. The van der Waals surface area contributed by atoms with Gasteiger partial charge in [0.25, 0.3) is 0 Å². The molecule has 33 heavy (non-hydrogen) atoms. The number of aromatic nitrogens is 7. The molecule has 4 aromatic rings. The highest BCUT2D eigenvalue weighted by Gasteiger charge is 2.18. The second kappa shape index (κ2) is 10.2. The van der Waals surface area contributed by atoms with E-state index in [0.717, 1.165) is 29.9 Å². The SMILES string of the molecule is CCCNc1cc(-n2cc(-c3ccccn3)nn2)nc2c1ncn2CCC(OC)C(=O)NC. The van der Waals surface area contributed by atoms with Crippen LogP contribution in [0.25, 0.3) is 28.4 Å². The van der Waals surface area contributed by atoms with Crippen molar-refractivity contribution in [1.82, 2.24) is 39.8 Å². The van der Waals surface area contributed by atoms with Gasteiger partial charge < -0.3 is 19.9 Å². The van der Waals surface area contributed by atoms with Crippen LogP contribution in [-0.2, 0) is 16.1 Å². The Morgan fingerprint density at radius 1 is 1.24 bits per heavy atom. The molecule has 172 valence electrons. The highest BCUT2D eigenvalue weighted by molar-refractivity contribution is 5.87. The first-order chi connectivity index (χ1) is 16.1. The largest absolute Gasteiger partial charge is 0.383 e. The summed E-state index contributed by atoms with van der Waals surface area (Å²) in [4.78, 5) is 25.7. The fraction of sp³-hybridized carbons (Fsp3) is 0.364. The van der Waals surface area contributed by atoms with Crippen LogP contribution in [0, 0.1) is 0 Å². The molecule has 4 aromatic heterocycles. The van der Waals surface area contributed by atoms with Crippen molar-refractivity contribution in [3.8, 4) is 17.2 Å². The summed E-state index contributed by atoms with van der Waals surface area (Å²) in [5.41, 5.74) is 3.69. The van der Waals surface area contributed by atoms with Crippen molar-refractivity contribution in [3.63, 3.8) is 0 Å². The minimum absolute atomic E-state index is 0.162. The highest BCUT2D eigenvalue weighted by Crippen LogP contribution is 2.25. The zero-order chi connectivity index (χ0) is 23.2. The van der Waals surface area contributed by atoms with Gasteiger partial charge in [-0.25, -0.2) is 14.6 Å². The first-order valence-corrected chi connectivity index (χ1v) is 10.8. The number of nitrogens with one attached hydrogen (secondary N) is 2. The third-order valence-corrected chi connectivity index (χ3v) is 5.24. The van der Waals surface area contributed by atoms with E-state index in [-0.39, 0.29) is 5.91 Å². The zero-order valence-electron chi connectivity index (χ0n) is 18.9. The number of nitrogens with zero attached hydrogens (tertiary/aromatic N) is 7. The van der Waals surface area contributed by atoms with Crippen LogP contribution in [0.3, 0.4) is 0 Å². The molecule has 0 aromatic carbocycles. The summed E-state index contributed by atoms with van der Waals surface area (Å²) in [7, 11) is 3.12. The van der Waals surface area contributed by atoms with E-state index in [1.807, 2.05) is 28.8 Å². The Morgan fingerprint density at radius 3 is 2.85 bits per heavy atom. The van der Waals surface area contributed by atoms with Crippen LogP contribution >= 0.6 is 0 Å². The van der Waals surface area contributed by atoms with Gasteiger partial charge in [0, 0.05) is 45.9 Å². The van der Waals surface area contributed by atoms with Crippen molar-refractivity contribution < 1.29 is 9.53 Å². The number of fused-ring (bicyclic) bond motifs is 1. The number of hydrogen-bond donors (Lipinski definition) is 2. The lowest BCUT2D eigenvalue weighted by Gasteiger charge is -2.14. The highest BCUT2D eigenvalue weighted by atomic mass is 16.5. The van der Waals surface area contributed by atoms with Gasteiger partial charge in [-0.2, -0.15) is 0 Å². The van der Waals surface area contributed by atoms with Gasteiger partial charge in [-0.1, -0.05) is 18.2 Å². The Labute approximate surface area is 191 Å². The van der Waals surface area contributed by atoms with E-state index in [9.17, 15) is 4.79 Å². The standard InChI is InChI=1S/C22H27N9O2/c1-4-9-24-16-12-19(31-13-17(28-29-31)15-7-5-6-10-25-15)27-21-20(16)26-14-30(21)11-8-18(33-3)22(32)23-2/h5-7,10,12-14,18H,4,8-9,11H2,1-3H3,(H,23,32)(H,24,27). The van der Waals surface area contributed by atoms with Crippen LogP contribution in [0.1, 0.15) is 19.8 Å². The zero-order valence-corrected chi connectivity index (χ0v) is 18.9. The second-order valence-corrected chi connectivity index (χ2v) is 7.46. The summed E-state index contributed by atoms with van der Waals surface area (Å²) in [5, 5.41) is 14.6. The van der Waals surface area contributed by atoms with E-state index >= 15 is 0 Å². The normalized spacial score (nSPS) is 12.1. The minimum atomic E-state index is -0.551. The minimum Gasteiger partial charge on any atom is -0.383 e. The van der Waals surface area contributed by atoms with Crippen molar-refractivity contribution in [1.29, 1.82) is 0 Å². The maximum Gasteiger partial charge on any atom is 0.248 e. The first kappa shape index (κ1) is 22.3. The molecule has 11 nitrogen and oxygen atoms in total.